The normalized spacial score (nSPS) is 16.7. The molecule has 0 spiro atoms. The standard InChI is InChI=1S/C10H15NO/c1(7-11-9-5-6-9)3-10-4-2-8-12-10/h2,4,8-9,11H,1,3,5-7H2. The average Bonchev–Trinajstić information content (AvgIpc) is 2.76. The number of hydrogen-bond donors (Lipinski definition) is 1. The Bertz CT molecular complexity index is 214. The first-order valence-electron chi connectivity index (χ1n) is 4.71. The van der Waals surface area contributed by atoms with E-state index in [4.69, 9.17) is 4.42 Å². The van der Waals surface area contributed by atoms with E-state index < -0.39 is 0 Å². The van der Waals surface area contributed by atoms with Gasteiger partial charge >= 0.3 is 0 Å². The van der Waals surface area contributed by atoms with E-state index in [9.17, 15) is 0 Å². The number of nitrogens with one attached hydrogen (secondary N) is 1. The van der Waals surface area contributed by atoms with Gasteiger partial charge in [0, 0.05) is 12.5 Å². The second-order valence-electron chi connectivity index (χ2n) is 3.41. The van der Waals surface area contributed by atoms with Crippen molar-refractivity contribution >= 4 is 0 Å². The van der Waals surface area contributed by atoms with E-state index in [0.717, 1.165) is 24.8 Å². The van der Waals surface area contributed by atoms with E-state index in [0.29, 0.717) is 0 Å². The molecule has 2 rings (SSSR count). The van der Waals surface area contributed by atoms with Gasteiger partial charge in [-0.1, -0.05) is 0 Å². The lowest BCUT2D eigenvalue weighted by molar-refractivity contribution is 0.495. The minimum absolute atomic E-state index is 0.835. The van der Waals surface area contributed by atoms with Gasteiger partial charge < -0.3 is 9.73 Å². The summed E-state index contributed by atoms with van der Waals surface area (Å²) < 4.78 is 5.23. The predicted octanol–water partition coefficient (Wildman–Crippen LogP) is 1.96. The minimum atomic E-state index is 0.835. The van der Waals surface area contributed by atoms with Crippen LogP contribution >= 0.6 is 0 Å². The van der Waals surface area contributed by atoms with Crippen LogP contribution in [0.4, 0.5) is 0 Å². The number of hydrogen-bond acceptors (Lipinski definition) is 2. The SMILES string of the molecule is c1coc(CCCNC2CC2)c1. The zero-order valence-electron chi connectivity index (χ0n) is 7.25. The Morgan fingerprint density at radius 3 is 3.08 bits per heavy atom. The molecule has 0 atom stereocenters. The van der Waals surface area contributed by atoms with Gasteiger partial charge in [-0.2, -0.15) is 0 Å². The molecule has 0 aliphatic heterocycles. The van der Waals surface area contributed by atoms with Crippen molar-refractivity contribution in [3.63, 3.8) is 0 Å². The molecule has 1 aromatic heterocycles. The topological polar surface area (TPSA) is 25.2 Å². The summed E-state index contributed by atoms with van der Waals surface area (Å²) in [6.07, 6.45) is 6.74. The lowest BCUT2D eigenvalue weighted by atomic mass is 10.2. The summed E-state index contributed by atoms with van der Waals surface area (Å²) in [4.78, 5) is 0. The molecule has 0 radical (unpaired) electrons. The molecule has 0 amide bonds. The highest BCUT2D eigenvalue weighted by Crippen LogP contribution is 2.18. The van der Waals surface area contributed by atoms with Crippen molar-refractivity contribution in [3.8, 4) is 0 Å². The summed E-state index contributed by atoms with van der Waals surface area (Å²) in [5.74, 6) is 1.10. The third-order valence-corrected chi connectivity index (χ3v) is 2.19. The first-order chi connectivity index (χ1) is 5.95. The van der Waals surface area contributed by atoms with E-state index in [2.05, 4.69) is 5.32 Å². The predicted molar refractivity (Wildman–Crippen MR) is 48.1 cm³/mol. The summed E-state index contributed by atoms with van der Waals surface area (Å²) in [5, 5.41) is 3.48. The molecule has 1 aliphatic carbocycles. The number of rotatable bonds is 5. The fourth-order valence-corrected chi connectivity index (χ4v) is 1.31. The van der Waals surface area contributed by atoms with Gasteiger partial charge in [-0.15, -0.1) is 0 Å². The molecule has 0 aromatic carbocycles. The Labute approximate surface area is 73.0 Å². The molecule has 12 heavy (non-hydrogen) atoms. The van der Waals surface area contributed by atoms with E-state index in [-0.39, 0.29) is 0 Å². The third kappa shape index (κ3) is 2.38. The van der Waals surface area contributed by atoms with Crippen molar-refractivity contribution in [2.24, 2.45) is 0 Å². The molecule has 2 heteroatoms. The molecule has 1 aromatic rings. The fourth-order valence-electron chi connectivity index (χ4n) is 1.31. The van der Waals surface area contributed by atoms with Gasteiger partial charge in [0.05, 0.1) is 6.26 Å². The Balaban J connectivity index is 1.56. The maximum absolute atomic E-state index is 5.23. The first-order valence-corrected chi connectivity index (χ1v) is 4.71. The molecular weight excluding hydrogens is 150 g/mol. The Morgan fingerprint density at radius 1 is 1.50 bits per heavy atom. The lowest BCUT2D eigenvalue weighted by Crippen LogP contribution is -2.17. The highest BCUT2D eigenvalue weighted by molar-refractivity contribution is 4.98. The molecular formula is C10H15NO. The molecule has 1 saturated carbocycles. The summed E-state index contributed by atoms with van der Waals surface area (Å²) in [6.45, 7) is 1.13. The van der Waals surface area contributed by atoms with Crippen LogP contribution in [0, 0.1) is 0 Å². The van der Waals surface area contributed by atoms with Crippen LogP contribution in [0.25, 0.3) is 0 Å². The molecule has 0 bridgehead atoms. The molecule has 1 N–H and O–H groups in total. The van der Waals surface area contributed by atoms with Crippen LogP contribution in [0.15, 0.2) is 22.8 Å². The van der Waals surface area contributed by atoms with Crippen molar-refractivity contribution in [2.75, 3.05) is 6.54 Å². The van der Waals surface area contributed by atoms with E-state index in [1.807, 2.05) is 12.1 Å². The highest BCUT2D eigenvalue weighted by Gasteiger charge is 2.19. The van der Waals surface area contributed by atoms with Crippen molar-refractivity contribution in [2.45, 2.75) is 31.7 Å². The maximum atomic E-state index is 5.23. The Hall–Kier alpha value is -0.760. The van der Waals surface area contributed by atoms with E-state index >= 15 is 0 Å². The number of aryl methyl sites for hydroxylation is 1. The van der Waals surface area contributed by atoms with Gasteiger partial charge in [0.1, 0.15) is 5.76 Å². The summed E-state index contributed by atoms with van der Waals surface area (Å²) in [6, 6.07) is 4.82. The molecule has 0 saturated heterocycles. The number of furan rings is 1. The van der Waals surface area contributed by atoms with Crippen molar-refractivity contribution < 1.29 is 4.42 Å². The van der Waals surface area contributed by atoms with E-state index in [1.165, 1.54) is 19.3 Å². The van der Waals surface area contributed by atoms with Crippen LogP contribution in [0.1, 0.15) is 25.0 Å². The van der Waals surface area contributed by atoms with Gasteiger partial charge in [0.2, 0.25) is 0 Å². The maximum Gasteiger partial charge on any atom is 0.103 e. The Kier molecular flexibility index (Phi) is 2.47. The van der Waals surface area contributed by atoms with Crippen LogP contribution in [0.2, 0.25) is 0 Å². The average molecular weight is 165 g/mol. The van der Waals surface area contributed by atoms with Gasteiger partial charge in [-0.05, 0) is 37.9 Å². The van der Waals surface area contributed by atoms with Gasteiger partial charge in [0.25, 0.3) is 0 Å². The molecule has 66 valence electrons. The first kappa shape index (κ1) is 7.87. The van der Waals surface area contributed by atoms with Crippen LogP contribution in [-0.4, -0.2) is 12.6 Å². The van der Waals surface area contributed by atoms with Crippen LogP contribution in [-0.2, 0) is 6.42 Å². The summed E-state index contributed by atoms with van der Waals surface area (Å²) in [7, 11) is 0. The van der Waals surface area contributed by atoms with Crippen LogP contribution in [0.3, 0.4) is 0 Å². The van der Waals surface area contributed by atoms with Crippen molar-refractivity contribution in [1.29, 1.82) is 0 Å². The van der Waals surface area contributed by atoms with Gasteiger partial charge in [-0.3, -0.25) is 0 Å². The van der Waals surface area contributed by atoms with Gasteiger partial charge in [-0.25, -0.2) is 0 Å². The van der Waals surface area contributed by atoms with Gasteiger partial charge in [0.15, 0.2) is 0 Å². The second-order valence-corrected chi connectivity index (χ2v) is 3.41. The quantitative estimate of drug-likeness (QED) is 0.675. The van der Waals surface area contributed by atoms with Crippen LogP contribution < -0.4 is 5.32 Å². The zero-order chi connectivity index (χ0) is 8.23. The lowest BCUT2D eigenvalue weighted by Gasteiger charge is -1.99. The highest BCUT2D eigenvalue weighted by atomic mass is 16.3. The Morgan fingerprint density at radius 2 is 2.42 bits per heavy atom. The van der Waals surface area contributed by atoms with Crippen molar-refractivity contribution in [3.05, 3.63) is 24.2 Å². The van der Waals surface area contributed by atoms with Crippen molar-refractivity contribution in [1.82, 2.24) is 5.32 Å². The largest absolute Gasteiger partial charge is 0.469 e. The monoisotopic (exact) mass is 165 g/mol. The van der Waals surface area contributed by atoms with E-state index in [1.54, 1.807) is 6.26 Å². The molecule has 1 heterocycles. The molecule has 1 aliphatic rings. The zero-order valence-corrected chi connectivity index (χ0v) is 7.25. The minimum Gasteiger partial charge on any atom is -0.469 e. The molecule has 2 nitrogen and oxygen atoms in total. The smallest absolute Gasteiger partial charge is 0.103 e. The summed E-state index contributed by atoms with van der Waals surface area (Å²) in [5.41, 5.74) is 0. The molecule has 0 unspecified atom stereocenters. The second kappa shape index (κ2) is 3.76. The van der Waals surface area contributed by atoms with Crippen LogP contribution in [0.5, 0.6) is 0 Å². The molecule has 1 fully saturated rings. The fraction of sp³-hybridized carbons (Fsp3) is 0.600. The summed E-state index contributed by atoms with van der Waals surface area (Å²) >= 11 is 0. The third-order valence-electron chi connectivity index (χ3n) is 2.19.